The van der Waals surface area contributed by atoms with Crippen molar-refractivity contribution in [2.24, 2.45) is 0 Å². The third-order valence-electron chi connectivity index (χ3n) is 2.67. The molecule has 0 amide bonds. The molecule has 5 nitrogen and oxygen atoms in total. The Labute approximate surface area is 89.9 Å². The summed E-state index contributed by atoms with van der Waals surface area (Å²) in [5.74, 6) is -2.19. The van der Waals surface area contributed by atoms with Crippen LogP contribution >= 0.6 is 0 Å². The highest BCUT2D eigenvalue weighted by Gasteiger charge is 2.21. The maximum absolute atomic E-state index is 13.2. The lowest BCUT2D eigenvalue weighted by Gasteiger charge is -2.21. The summed E-state index contributed by atoms with van der Waals surface area (Å²) in [4.78, 5) is 24.2. The van der Waals surface area contributed by atoms with Crippen molar-refractivity contribution in [3.63, 3.8) is 0 Å². The third kappa shape index (κ3) is 1.66. The zero-order valence-electron chi connectivity index (χ0n) is 8.44. The summed E-state index contributed by atoms with van der Waals surface area (Å²) in [6, 6.07) is -0.302. The van der Waals surface area contributed by atoms with Crippen LogP contribution in [0, 0.1) is 5.82 Å². The van der Waals surface area contributed by atoms with Crippen LogP contribution in [0.5, 0.6) is 5.88 Å². The first kappa shape index (κ1) is 10.7. The zero-order valence-corrected chi connectivity index (χ0v) is 8.44. The van der Waals surface area contributed by atoms with E-state index in [1.165, 1.54) is 0 Å². The van der Waals surface area contributed by atoms with Crippen LogP contribution in [0.2, 0.25) is 0 Å². The highest BCUT2D eigenvalue weighted by atomic mass is 19.1. The minimum absolute atomic E-state index is 0.302. The second-order valence-electron chi connectivity index (χ2n) is 3.71. The molecule has 1 unspecified atom stereocenters. The molecule has 0 saturated carbocycles. The van der Waals surface area contributed by atoms with Crippen molar-refractivity contribution in [1.29, 1.82) is 0 Å². The fraction of sp³-hybridized carbons (Fsp3) is 0.400. The van der Waals surface area contributed by atoms with E-state index in [4.69, 9.17) is 0 Å². The summed E-state index contributed by atoms with van der Waals surface area (Å²) < 4.78 is 14.1. The van der Waals surface area contributed by atoms with Gasteiger partial charge in [-0.05, 0) is 19.3 Å². The molecule has 0 aromatic carbocycles. The molecule has 0 spiro atoms. The van der Waals surface area contributed by atoms with Gasteiger partial charge in [-0.2, -0.15) is 4.39 Å². The van der Waals surface area contributed by atoms with Gasteiger partial charge in [-0.3, -0.25) is 14.3 Å². The van der Waals surface area contributed by atoms with Gasteiger partial charge in [-0.25, -0.2) is 4.79 Å². The molecular formula is C10H11FN2O3. The molecule has 0 bridgehead atoms. The van der Waals surface area contributed by atoms with E-state index in [0.29, 0.717) is 12.8 Å². The molecule has 1 aromatic rings. The van der Waals surface area contributed by atoms with Crippen LogP contribution in [0.25, 0.3) is 0 Å². The van der Waals surface area contributed by atoms with Gasteiger partial charge >= 0.3 is 5.69 Å². The van der Waals surface area contributed by atoms with Crippen molar-refractivity contribution in [3.8, 4) is 5.88 Å². The van der Waals surface area contributed by atoms with Gasteiger partial charge in [-0.1, -0.05) is 12.2 Å². The van der Waals surface area contributed by atoms with Crippen molar-refractivity contribution >= 4 is 0 Å². The maximum atomic E-state index is 13.2. The lowest BCUT2D eigenvalue weighted by molar-refractivity contribution is 0.319. The number of aromatic hydroxyl groups is 1. The van der Waals surface area contributed by atoms with E-state index < -0.39 is 22.9 Å². The number of halogens is 1. The highest BCUT2D eigenvalue weighted by Crippen LogP contribution is 2.25. The number of nitrogens with one attached hydrogen (secondary N) is 1. The molecule has 1 atom stereocenters. The van der Waals surface area contributed by atoms with Crippen LogP contribution < -0.4 is 11.2 Å². The largest absolute Gasteiger partial charge is 0.492 e. The van der Waals surface area contributed by atoms with E-state index in [2.05, 4.69) is 0 Å². The quantitative estimate of drug-likeness (QED) is 0.691. The predicted molar refractivity (Wildman–Crippen MR) is 55.0 cm³/mol. The summed E-state index contributed by atoms with van der Waals surface area (Å²) in [5.41, 5.74) is -1.96. The number of allylic oxidation sites excluding steroid dienone is 2. The standard InChI is InChI=1S/C10H11FN2O3/c11-7-8(14)12-10(16)13(9(7)15)6-4-2-1-3-5-6/h1-2,6,15H,3-5H2,(H,12,14,16). The van der Waals surface area contributed by atoms with Crippen molar-refractivity contribution in [3.05, 3.63) is 38.8 Å². The molecule has 16 heavy (non-hydrogen) atoms. The molecule has 86 valence electrons. The van der Waals surface area contributed by atoms with Gasteiger partial charge < -0.3 is 5.11 Å². The molecular weight excluding hydrogens is 215 g/mol. The Kier molecular flexibility index (Phi) is 2.64. The second-order valence-corrected chi connectivity index (χ2v) is 3.71. The first-order valence-corrected chi connectivity index (χ1v) is 4.99. The minimum atomic E-state index is -1.31. The Hall–Kier alpha value is -1.85. The molecule has 0 fully saturated rings. The predicted octanol–water partition coefficient (Wildman–Crippen LogP) is 0.662. The summed E-state index contributed by atoms with van der Waals surface area (Å²) in [5, 5.41) is 9.46. The van der Waals surface area contributed by atoms with Crippen LogP contribution in [0.4, 0.5) is 4.39 Å². The Bertz CT molecular complexity index is 544. The first-order chi connectivity index (χ1) is 7.61. The summed E-state index contributed by atoms with van der Waals surface area (Å²) in [7, 11) is 0. The molecule has 0 aliphatic heterocycles. The Morgan fingerprint density at radius 1 is 1.44 bits per heavy atom. The molecule has 2 N–H and O–H groups in total. The topological polar surface area (TPSA) is 75.1 Å². The molecule has 1 aromatic heterocycles. The van der Waals surface area contributed by atoms with Gasteiger partial charge in [-0.15, -0.1) is 0 Å². The summed E-state index contributed by atoms with van der Waals surface area (Å²) in [6.45, 7) is 0. The summed E-state index contributed by atoms with van der Waals surface area (Å²) in [6.07, 6.45) is 5.76. The van der Waals surface area contributed by atoms with Gasteiger partial charge in [0.25, 0.3) is 5.56 Å². The number of hydrogen-bond donors (Lipinski definition) is 2. The zero-order chi connectivity index (χ0) is 11.7. The van der Waals surface area contributed by atoms with Crippen molar-refractivity contribution in [2.45, 2.75) is 25.3 Å². The number of rotatable bonds is 1. The normalized spacial score (nSPS) is 19.9. The second kappa shape index (κ2) is 3.96. The van der Waals surface area contributed by atoms with E-state index in [-0.39, 0.29) is 6.04 Å². The summed E-state index contributed by atoms with van der Waals surface area (Å²) >= 11 is 0. The van der Waals surface area contributed by atoms with Gasteiger partial charge in [0.15, 0.2) is 0 Å². The van der Waals surface area contributed by atoms with Gasteiger partial charge in [0.05, 0.1) is 0 Å². The number of hydrogen-bond acceptors (Lipinski definition) is 3. The van der Waals surface area contributed by atoms with E-state index in [1.54, 1.807) is 0 Å². The Morgan fingerprint density at radius 2 is 2.19 bits per heavy atom. The fourth-order valence-corrected chi connectivity index (χ4v) is 1.87. The smallest absolute Gasteiger partial charge is 0.331 e. The molecule has 1 heterocycles. The van der Waals surface area contributed by atoms with Crippen molar-refractivity contribution in [1.82, 2.24) is 9.55 Å². The number of H-pyrrole nitrogens is 1. The van der Waals surface area contributed by atoms with Crippen molar-refractivity contribution < 1.29 is 9.50 Å². The Morgan fingerprint density at radius 3 is 2.81 bits per heavy atom. The highest BCUT2D eigenvalue weighted by molar-refractivity contribution is 5.12. The molecule has 6 heteroatoms. The Balaban J connectivity index is 2.56. The minimum Gasteiger partial charge on any atom is -0.492 e. The number of nitrogens with zero attached hydrogens (tertiary/aromatic N) is 1. The lowest BCUT2D eigenvalue weighted by atomic mass is 10.0. The SMILES string of the molecule is O=c1[nH]c(=O)n(C2CC=CCC2)c(O)c1F. The number of aromatic amines is 1. The lowest BCUT2D eigenvalue weighted by Crippen LogP contribution is -2.34. The number of aromatic nitrogens is 2. The van der Waals surface area contributed by atoms with E-state index in [1.807, 2.05) is 17.1 Å². The maximum Gasteiger partial charge on any atom is 0.331 e. The monoisotopic (exact) mass is 226 g/mol. The van der Waals surface area contributed by atoms with Crippen LogP contribution in [0.15, 0.2) is 21.7 Å². The fourth-order valence-electron chi connectivity index (χ4n) is 1.87. The van der Waals surface area contributed by atoms with Gasteiger partial charge in [0, 0.05) is 6.04 Å². The van der Waals surface area contributed by atoms with E-state index >= 15 is 0 Å². The first-order valence-electron chi connectivity index (χ1n) is 4.99. The van der Waals surface area contributed by atoms with E-state index in [9.17, 15) is 19.1 Å². The average molecular weight is 226 g/mol. The third-order valence-corrected chi connectivity index (χ3v) is 2.67. The van der Waals surface area contributed by atoms with Crippen LogP contribution in [-0.2, 0) is 0 Å². The van der Waals surface area contributed by atoms with Gasteiger partial charge in [0.1, 0.15) is 0 Å². The molecule has 2 rings (SSSR count). The van der Waals surface area contributed by atoms with Crippen LogP contribution in [0.1, 0.15) is 25.3 Å². The molecule has 0 saturated heterocycles. The molecule has 1 aliphatic carbocycles. The van der Waals surface area contributed by atoms with Crippen LogP contribution in [0.3, 0.4) is 0 Å². The van der Waals surface area contributed by atoms with E-state index in [0.717, 1.165) is 11.0 Å². The van der Waals surface area contributed by atoms with Crippen LogP contribution in [-0.4, -0.2) is 14.7 Å². The average Bonchev–Trinajstić information content (AvgIpc) is 2.28. The van der Waals surface area contributed by atoms with Crippen molar-refractivity contribution in [2.75, 3.05) is 0 Å². The van der Waals surface area contributed by atoms with Gasteiger partial charge in [0.2, 0.25) is 11.7 Å². The molecule has 0 radical (unpaired) electrons. The molecule has 1 aliphatic rings.